The number of phenols is 1. The van der Waals surface area contributed by atoms with Crippen LogP contribution < -0.4 is 0 Å². The van der Waals surface area contributed by atoms with E-state index < -0.39 is 0 Å². The van der Waals surface area contributed by atoms with Gasteiger partial charge in [0.25, 0.3) is 0 Å². The lowest BCUT2D eigenvalue weighted by atomic mass is 9.85. The zero-order valence-electron chi connectivity index (χ0n) is 34.1. The molecule has 0 saturated heterocycles. The molecule has 0 bridgehead atoms. The van der Waals surface area contributed by atoms with Crippen molar-refractivity contribution in [1.82, 2.24) is 14.5 Å². The predicted octanol–water partition coefficient (Wildman–Crippen LogP) is 14.8. The highest BCUT2D eigenvalue weighted by Crippen LogP contribution is 2.43. The SMILES string of the molecule is CC(C)(C)c1ccc(-n2c(-c3ccccc3O)nc3c(-c4cc(-c5ccccc5)cc(-c5cc6oc7ccc8ccccc8c7c6cn5)c4)cccc32)c(-c2ccccc2)c1. The third-order valence-corrected chi connectivity index (χ3v) is 11.9. The molecule has 5 nitrogen and oxygen atoms in total. The van der Waals surface area contributed by atoms with Crippen molar-refractivity contribution >= 4 is 43.7 Å². The number of nitrogens with zero attached hydrogens (tertiary/aromatic N) is 3. The summed E-state index contributed by atoms with van der Waals surface area (Å²) in [6.45, 7) is 6.73. The van der Waals surface area contributed by atoms with E-state index in [1.807, 2.05) is 36.5 Å². The Balaban J connectivity index is 1.15. The Kier molecular flexibility index (Phi) is 8.46. The van der Waals surface area contributed by atoms with E-state index in [0.717, 1.165) is 88.7 Å². The molecule has 1 N–H and O–H groups in total. The molecule has 0 saturated carbocycles. The first-order chi connectivity index (χ1) is 29.8. The van der Waals surface area contributed by atoms with Gasteiger partial charge in [0, 0.05) is 39.7 Å². The van der Waals surface area contributed by atoms with Gasteiger partial charge in [0.05, 0.1) is 28.0 Å². The number of phenolic OH excluding ortho intramolecular Hbond substituents is 1. The fraction of sp³-hybridized carbons (Fsp3) is 0.0714. The molecule has 0 amide bonds. The van der Waals surface area contributed by atoms with Gasteiger partial charge in [-0.25, -0.2) is 4.98 Å². The lowest BCUT2D eigenvalue weighted by molar-refractivity contribution is 0.477. The predicted molar refractivity (Wildman–Crippen MR) is 251 cm³/mol. The van der Waals surface area contributed by atoms with Crippen LogP contribution >= 0.6 is 0 Å². The number of aromatic nitrogens is 3. The standard InChI is InChI=1S/C56H41N3O2/c1-56(2,3)41-26-27-48(45(32-41)36-17-8-5-9-18-36)59-49-23-14-22-43(54(49)58-55(59)44-21-12-13-24-50(44)60)39-29-38(35-15-6-4-7-16-35)30-40(31-39)47-33-52-46(34-57-47)53-42-20-11-10-19-37(42)25-28-51(53)61-52/h4-34,60H,1-3H3. The maximum absolute atomic E-state index is 11.4. The van der Waals surface area contributed by atoms with Crippen molar-refractivity contribution in [3.05, 3.63) is 194 Å². The highest BCUT2D eigenvalue weighted by molar-refractivity contribution is 6.18. The van der Waals surface area contributed by atoms with Crippen LogP contribution in [-0.4, -0.2) is 19.6 Å². The number of para-hydroxylation sites is 2. The van der Waals surface area contributed by atoms with Crippen molar-refractivity contribution in [3.8, 4) is 67.5 Å². The number of pyridine rings is 1. The summed E-state index contributed by atoms with van der Waals surface area (Å²) in [7, 11) is 0. The lowest BCUT2D eigenvalue weighted by Crippen LogP contribution is -2.12. The van der Waals surface area contributed by atoms with Crippen LogP contribution in [0.3, 0.4) is 0 Å². The summed E-state index contributed by atoms with van der Waals surface area (Å²) in [6, 6.07) is 62.9. The maximum Gasteiger partial charge on any atom is 0.149 e. The molecular weight excluding hydrogens is 747 g/mol. The number of furan rings is 1. The van der Waals surface area contributed by atoms with Gasteiger partial charge in [0.1, 0.15) is 22.7 Å². The largest absolute Gasteiger partial charge is 0.507 e. The quantitative estimate of drug-likeness (QED) is 0.182. The minimum Gasteiger partial charge on any atom is -0.507 e. The van der Waals surface area contributed by atoms with Gasteiger partial charge in [0.2, 0.25) is 0 Å². The first-order valence-electron chi connectivity index (χ1n) is 20.7. The smallest absolute Gasteiger partial charge is 0.149 e. The summed E-state index contributed by atoms with van der Waals surface area (Å²) in [5.74, 6) is 0.826. The Bertz CT molecular complexity index is 3460. The van der Waals surface area contributed by atoms with Gasteiger partial charge < -0.3 is 9.52 Å². The Morgan fingerprint density at radius 2 is 1.23 bits per heavy atom. The summed E-state index contributed by atoms with van der Waals surface area (Å²) < 4.78 is 8.73. The molecule has 0 aliphatic carbocycles. The highest BCUT2D eigenvalue weighted by atomic mass is 16.3. The molecule has 3 heterocycles. The average Bonchev–Trinajstić information content (AvgIpc) is 3.88. The van der Waals surface area contributed by atoms with E-state index >= 15 is 0 Å². The van der Waals surface area contributed by atoms with Crippen LogP contribution in [0.2, 0.25) is 0 Å². The van der Waals surface area contributed by atoms with Crippen molar-refractivity contribution in [1.29, 1.82) is 0 Å². The summed E-state index contributed by atoms with van der Waals surface area (Å²) in [6.07, 6.45) is 1.95. The Labute approximate surface area is 353 Å². The Morgan fingerprint density at radius 3 is 2.03 bits per heavy atom. The average molecular weight is 788 g/mol. The van der Waals surface area contributed by atoms with E-state index in [1.165, 1.54) is 10.9 Å². The van der Waals surface area contributed by atoms with Gasteiger partial charge in [-0.1, -0.05) is 142 Å². The molecule has 11 rings (SSSR count). The second-order valence-corrected chi connectivity index (χ2v) is 16.8. The molecular formula is C56H41N3O2. The lowest BCUT2D eigenvalue weighted by Gasteiger charge is -2.23. The van der Waals surface area contributed by atoms with Crippen LogP contribution in [0, 0.1) is 0 Å². The van der Waals surface area contributed by atoms with E-state index in [1.54, 1.807) is 6.07 Å². The van der Waals surface area contributed by atoms with Crippen molar-refractivity contribution in [2.24, 2.45) is 0 Å². The van der Waals surface area contributed by atoms with Crippen LogP contribution in [0.15, 0.2) is 193 Å². The minimum absolute atomic E-state index is 0.0631. The Hall–Kier alpha value is -7.76. The fourth-order valence-electron chi connectivity index (χ4n) is 8.79. The molecule has 5 heteroatoms. The summed E-state index contributed by atoms with van der Waals surface area (Å²) in [5, 5.41) is 15.8. The molecule has 292 valence electrons. The number of hydrogen-bond donors (Lipinski definition) is 1. The van der Waals surface area contributed by atoms with E-state index in [0.29, 0.717) is 11.4 Å². The van der Waals surface area contributed by atoms with Crippen LogP contribution in [0.1, 0.15) is 26.3 Å². The monoisotopic (exact) mass is 787 g/mol. The van der Waals surface area contributed by atoms with E-state index in [4.69, 9.17) is 14.4 Å². The van der Waals surface area contributed by atoms with Gasteiger partial charge in [-0.05, 0) is 98.6 Å². The fourth-order valence-corrected chi connectivity index (χ4v) is 8.79. The molecule has 0 fully saturated rings. The first-order valence-corrected chi connectivity index (χ1v) is 20.7. The number of aromatic hydroxyl groups is 1. The first kappa shape index (κ1) is 36.3. The number of imidazole rings is 1. The molecule has 0 unspecified atom stereocenters. The van der Waals surface area contributed by atoms with Gasteiger partial charge in [-0.3, -0.25) is 9.55 Å². The molecule has 0 atom stereocenters. The molecule has 0 radical (unpaired) electrons. The van der Waals surface area contributed by atoms with Crippen LogP contribution in [-0.2, 0) is 5.41 Å². The molecule has 0 aliphatic heterocycles. The molecule has 0 aliphatic rings. The van der Waals surface area contributed by atoms with Crippen molar-refractivity contribution in [3.63, 3.8) is 0 Å². The molecule has 11 aromatic rings. The van der Waals surface area contributed by atoms with Gasteiger partial charge >= 0.3 is 0 Å². The van der Waals surface area contributed by atoms with Gasteiger partial charge in [-0.15, -0.1) is 0 Å². The number of benzene rings is 8. The second-order valence-electron chi connectivity index (χ2n) is 16.8. The third-order valence-electron chi connectivity index (χ3n) is 11.9. The molecule has 3 aromatic heterocycles. The van der Waals surface area contributed by atoms with Crippen molar-refractivity contribution in [2.45, 2.75) is 26.2 Å². The molecule has 61 heavy (non-hydrogen) atoms. The maximum atomic E-state index is 11.4. The topological polar surface area (TPSA) is 64.1 Å². The van der Waals surface area contributed by atoms with Crippen molar-refractivity contribution < 1.29 is 9.52 Å². The number of fused-ring (bicyclic) bond motifs is 6. The normalized spacial score (nSPS) is 11.9. The minimum atomic E-state index is -0.0631. The summed E-state index contributed by atoms with van der Waals surface area (Å²) in [5.41, 5.74) is 14.3. The zero-order valence-corrected chi connectivity index (χ0v) is 34.1. The van der Waals surface area contributed by atoms with Crippen LogP contribution in [0.4, 0.5) is 0 Å². The summed E-state index contributed by atoms with van der Waals surface area (Å²) >= 11 is 0. The highest BCUT2D eigenvalue weighted by Gasteiger charge is 2.24. The van der Waals surface area contributed by atoms with Crippen molar-refractivity contribution in [2.75, 3.05) is 0 Å². The summed E-state index contributed by atoms with van der Waals surface area (Å²) in [4.78, 5) is 10.6. The molecule has 8 aromatic carbocycles. The number of rotatable bonds is 6. The van der Waals surface area contributed by atoms with E-state index in [2.05, 4.69) is 171 Å². The number of hydrogen-bond acceptors (Lipinski definition) is 4. The van der Waals surface area contributed by atoms with Gasteiger partial charge in [-0.2, -0.15) is 0 Å². The third kappa shape index (κ3) is 6.25. The van der Waals surface area contributed by atoms with E-state index in [9.17, 15) is 5.11 Å². The van der Waals surface area contributed by atoms with Gasteiger partial charge in [0.15, 0.2) is 0 Å². The zero-order chi connectivity index (χ0) is 41.2. The second kappa shape index (κ2) is 14.2. The molecule has 0 spiro atoms. The van der Waals surface area contributed by atoms with E-state index in [-0.39, 0.29) is 11.2 Å². The Morgan fingerprint density at radius 1 is 0.525 bits per heavy atom. The van der Waals surface area contributed by atoms with Crippen LogP contribution in [0.5, 0.6) is 5.75 Å². The van der Waals surface area contributed by atoms with Crippen LogP contribution in [0.25, 0.3) is 105 Å².